The predicted molar refractivity (Wildman–Crippen MR) is 89.2 cm³/mol. The average Bonchev–Trinajstić information content (AvgIpc) is 3.02. The van der Waals surface area contributed by atoms with Crippen molar-refractivity contribution in [2.24, 2.45) is 0 Å². The number of halogens is 1. The molecule has 0 aliphatic rings. The number of rotatable bonds is 3. The number of hydrogen-bond acceptors (Lipinski definition) is 2. The molecule has 0 radical (unpaired) electrons. The van der Waals surface area contributed by atoms with Crippen molar-refractivity contribution in [3.8, 4) is 10.4 Å². The molecule has 0 saturated carbocycles. The molecule has 1 amide bonds. The second kappa shape index (κ2) is 6.12. The topological polar surface area (TPSA) is 29.1 Å². The highest BCUT2D eigenvalue weighted by molar-refractivity contribution is 7.13. The molecule has 0 saturated heterocycles. The maximum Gasteiger partial charge on any atom is 0.255 e. The van der Waals surface area contributed by atoms with E-state index in [2.05, 4.69) is 5.32 Å². The normalized spacial score (nSPS) is 10.3. The van der Waals surface area contributed by atoms with Gasteiger partial charge in [-0.05, 0) is 35.7 Å². The monoisotopic (exact) mass is 313 g/mol. The van der Waals surface area contributed by atoms with Crippen molar-refractivity contribution in [2.45, 2.75) is 0 Å². The fraction of sp³-hybridized carbons (Fsp3) is 0. The fourth-order valence-corrected chi connectivity index (χ4v) is 3.02. The second-order valence-corrected chi connectivity index (χ2v) is 5.87. The number of anilines is 1. The van der Waals surface area contributed by atoms with Gasteiger partial charge in [0, 0.05) is 26.7 Å². The van der Waals surface area contributed by atoms with Crippen LogP contribution in [0.25, 0.3) is 10.4 Å². The molecule has 1 N–H and O–H groups in total. The van der Waals surface area contributed by atoms with Crippen molar-refractivity contribution >= 4 is 34.5 Å². The molecule has 2 aromatic carbocycles. The molecule has 0 fully saturated rings. The Morgan fingerprint density at radius 3 is 2.62 bits per heavy atom. The third-order valence-corrected chi connectivity index (χ3v) is 4.19. The van der Waals surface area contributed by atoms with Crippen molar-refractivity contribution in [3.05, 3.63) is 76.6 Å². The van der Waals surface area contributed by atoms with Crippen molar-refractivity contribution in [3.63, 3.8) is 0 Å². The molecule has 1 heterocycles. The smallest absolute Gasteiger partial charge is 0.255 e. The SMILES string of the molecule is O=C(Nc1ccccc1-c1cccs1)c1cccc(Cl)c1. The van der Waals surface area contributed by atoms with Gasteiger partial charge >= 0.3 is 0 Å². The zero-order chi connectivity index (χ0) is 14.7. The maximum atomic E-state index is 12.3. The summed E-state index contributed by atoms with van der Waals surface area (Å²) in [7, 11) is 0. The van der Waals surface area contributed by atoms with E-state index in [1.807, 2.05) is 41.8 Å². The Balaban J connectivity index is 1.90. The van der Waals surface area contributed by atoms with Gasteiger partial charge in [-0.1, -0.05) is 41.9 Å². The van der Waals surface area contributed by atoms with Crippen LogP contribution in [0.2, 0.25) is 5.02 Å². The first-order valence-electron chi connectivity index (χ1n) is 6.44. The predicted octanol–water partition coefficient (Wildman–Crippen LogP) is 5.32. The Labute approximate surface area is 132 Å². The Kier molecular flexibility index (Phi) is 4.04. The molecule has 104 valence electrons. The standard InChI is InChI=1S/C17H12ClNOS/c18-13-6-3-5-12(11-13)17(20)19-15-8-2-1-7-14(15)16-9-4-10-21-16/h1-11H,(H,19,20). The second-order valence-electron chi connectivity index (χ2n) is 4.49. The van der Waals surface area contributed by atoms with E-state index in [1.54, 1.807) is 35.6 Å². The molecule has 21 heavy (non-hydrogen) atoms. The summed E-state index contributed by atoms with van der Waals surface area (Å²) < 4.78 is 0. The van der Waals surface area contributed by atoms with Crippen LogP contribution in [0, 0.1) is 0 Å². The van der Waals surface area contributed by atoms with Crippen molar-refractivity contribution in [1.82, 2.24) is 0 Å². The van der Waals surface area contributed by atoms with Crippen molar-refractivity contribution in [1.29, 1.82) is 0 Å². The first-order chi connectivity index (χ1) is 10.2. The van der Waals surface area contributed by atoms with Gasteiger partial charge in [-0.2, -0.15) is 0 Å². The summed E-state index contributed by atoms with van der Waals surface area (Å²) >= 11 is 7.57. The van der Waals surface area contributed by atoms with Crippen LogP contribution in [0.1, 0.15) is 10.4 Å². The molecule has 0 atom stereocenters. The molecule has 1 aromatic heterocycles. The molecule has 3 aromatic rings. The summed E-state index contributed by atoms with van der Waals surface area (Å²) in [5.74, 6) is -0.165. The molecule has 0 unspecified atom stereocenters. The van der Waals surface area contributed by atoms with Gasteiger partial charge in [-0.3, -0.25) is 4.79 Å². The van der Waals surface area contributed by atoms with Crippen LogP contribution in [0.3, 0.4) is 0 Å². The summed E-state index contributed by atoms with van der Waals surface area (Å²) in [6.45, 7) is 0. The van der Waals surface area contributed by atoms with E-state index in [-0.39, 0.29) is 5.91 Å². The number of benzene rings is 2. The third kappa shape index (κ3) is 3.15. The number of nitrogens with one attached hydrogen (secondary N) is 1. The van der Waals surface area contributed by atoms with Gasteiger partial charge in [0.25, 0.3) is 5.91 Å². The molecule has 2 nitrogen and oxygen atoms in total. The highest BCUT2D eigenvalue weighted by Gasteiger charge is 2.10. The third-order valence-electron chi connectivity index (χ3n) is 3.05. The minimum Gasteiger partial charge on any atom is -0.321 e. The van der Waals surface area contributed by atoms with E-state index in [1.165, 1.54) is 0 Å². The quantitative estimate of drug-likeness (QED) is 0.696. The van der Waals surface area contributed by atoms with E-state index in [9.17, 15) is 4.79 Å². The van der Waals surface area contributed by atoms with Gasteiger partial charge < -0.3 is 5.32 Å². The van der Waals surface area contributed by atoms with E-state index < -0.39 is 0 Å². The van der Waals surface area contributed by atoms with Crippen molar-refractivity contribution in [2.75, 3.05) is 5.32 Å². The number of carbonyl (C=O) groups is 1. The van der Waals surface area contributed by atoms with Crippen LogP contribution in [0.15, 0.2) is 66.0 Å². The lowest BCUT2D eigenvalue weighted by Crippen LogP contribution is -2.12. The summed E-state index contributed by atoms with van der Waals surface area (Å²) in [5.41, 5.74) is 2.36. The van der Waals surface area contributed by atoms with Crippen LogP contribution < -0.4 is 5.32 Å². The average molecular weight is 314 g/mol. The minimum absolute atomic E-state index is 0.165. The number of amides is 1. The molecule has 0 spiro atoms. The Bertz CT molecular complexity index is 768. The zero-order valence-electron chi connectivity index (χ0n) is 11.0. The first kappa shape index (κ1) is 13.9. The Hall–Kier alpha value is -2.10. The minimum atomic E-state index is -0.165. The van der Waals surface area contributed by atoms with Gasteiger partial charge in [0.05, 0.1) is 0 Å². The van der Waals surface area contributed by atoms with Crippen LogP contribution in [-0.4, -0.2) is 5.91 Å². The molecule has 0 bridgehead atoms. The molecule has 0 aliphatic carbocycles. The lowest BCUT2D eigenvalue weighted by atomic mass is 10.1. The van der Waals surface area contributed by atoms with Crippen molar-refractivity contribution < 1.29 is 4.79 Å². The highest BCUT2D eigenvalue weighted by atomic mass is 35.5. The number of carbonyl (C=O) groups excluding carboxylic acids is 1. The van der Waals surface area contributed by atoms with Gasteiger partial charge in [-0.15, -0.1) is 11.3 Å². The summed E-state index contributed by atoms with van der Waals surface area (Å²) in [6.07, 6.45) is 0. The summed E-state index contributed by atoms with van der Waals surface area (Å²) in [4.78, 5) is 13.4. The first-order valence-corrected chi connectivity index (χ1v) is 7.69. The van der Waals surface area contributed by atoms with Gasteiger partial charge in [-0.25, -0.2) is 0 Å². The Morgan fingerprint density at radius 1 is 1.00 bits per heavy atom. The van der Waals surface area contributed by atoms with Crippen LogP contribution in [0.5, 0.6) is 0 Å². The molecule has 4 heteroatoms. The lowest BCUT2D eigenvalue weighted by molar-refractivity contribution is 0.102. The summed E-state index contributed by atoms with van der Waals surface area (Å²) in [5, 5.41) is 5.52. The fourth-order valence-electron chi connectivity index (χ4n) is 2.06. The Morgan fingerprint density at radius 2 is 1.86 bits per heavy atom. The van der Waals surface area contributed by atoms with Gasteiger partial charge in [0.1, 0.15) is 0 Å². The molecule has 3 rings (SSSR count). The van der Waals surface area contributed by atoms with E-state index in [4.69, 9.17) is 11.6 Å². The molecular formula is C17H12ClNOS. The number of para-hydroxylation sites is 1. The molecular weight excluding hydrogens is 302 g/mol. The largest absolute Gasteiger partial charge is 0.321 e. The zero-order valence-corrected chi connectivity index (χ0v) is 12.6. The van der Waals surface area contributed by atoms with Crippen LogP contribution in [0.4, 0.5) is 5.69 Å². The van der Waals surface area contributed by atoms with Gasteiger partial charge in [0.15, 0.2) is 0 Å². The lowest BCUT2D eigenvalue weighted by Gasteiger charge is -2.10. The summed E-state index contributed by atoms with van der Waals surface area (Å²) in [6, 6.07) is 18.7. The molecule has 0 aliphatic heterocycles. The maximum absolute atomic E-state index is 12.3. The van der Waals surface area contributed by atoms with Gasteiger partial charge in [0.2, 0.25) is 0 Å². The van der Waals surface area contributed by atoms with Crippen LogP contribution >= 0.6 is 22.9 Å². The van der Waals surface area contributed by atoms with E-state index in [0.29, 0.717) is 10.6 Å². The number of thiophene rings is 1. The van der Waals surface area contributed by atoms with E-state index in [0.717, 1.165) is 16.1 Å². The number of hydrogen-bond donors (Lipinski definition) is 1. The highest BCUT2D eigenvalue weighted by Crippen LogP contribution is 2.31. The van der Waals surface area contributed by atoms with E-state index >= 15 is 0 Å². The van der Waals surface area contributed by atoms with Crippen LogP contribution in [-0.2, 0) is 0 Å².